The molecule has 18 heavy (non-hydrogen) atoms. The minimum atomic E-state index is -0.321. The van der Waals surface area contributed by atoms with Crippen molar-refractivity contribution in [3.63, 3.8) is 0 Å². The van der Waals surface area contributed by atoms with Crippen molar-refractivity contribution < 1.29 is 0 Å². The van der Waals surface area contributed by atoms with Gasteiger partial charge in [-0.15, -0.1) is 0 Å². The van der Waals surface area contributed by atoms with Crippen molar-refractivity contribution in [3.05, 3.63) is 42.2 Å². The molecule has 2 heterocycles. The molecule has 0 fully saturated rings. The number of hydrogen-bond acceptors (Lipinski definition) is 2. The van der Waals surface area contributed by atoms with Gasteiger partial charge in [0.2, 0.25) is 0 Å². The largest absolute Gasteiger partial charge is 0.344 e. The number of pyridine rings is 1. The van der Waals surface area contributed by atoms with Crippen LogP contribution in [0.1, 0.15) is 19.4 Å². The molecule has 0 saturated carbocycles. The fourth-order valence-electron chi connectivity index (χ4n) is 2.46. The van der Waals surface area contributed by atoms with Crippen LogP contribution < -0.4 is 5.73 Å². The summed E-state index contributed by atoms with van der Waals surface area (Å²) < 4.78 is 2.19. The summed E-state index contributed by atoms with van der Waals surface area (Å²) in [6.45, 7) is 4.05. The zero-order valence-electron chi connectivity index (χ0n) is 10.9. The van der Waals surface area contributed by atoms with Gasteiger partial charge in [0.1, 0.15) is 0 Å². The fraction of sp³-hybridized carbons (Fsp3) is 0.267. The maximum absolute atomic E-state index is 6.18. The number of aryl methyl sites for hydroxylation is 1. The van der Waals surface area contributed by atoms with Gasteiger partial charge >= 0.3 is 0 Å². The average molecular weight is 239 g/mol. The molecule has 92 valence electrons. The second kappa shape index (κ2) is 3.56. The van der Waals surface area contributed by atoms with Crippen LogP contribution in [0.4, 0.5) is 0 Å². The van der Waals surface area contributed by atoms with Crippen LogP contribution in [-0.2, 0) is 12.6 Å². The summed E-state index contributed by atoms with van der Waals surface area (Å²) in [5.74, 6) is 0. The van der Waals surface area contributed by atoms with E-state index in [-0.39, 0.29) is 5.54 Å². The van der Waals surface area contributed by atoms with Crippen LogP contribution in [0.15, 0.2) is 36.7 Å². The Bertz CT molecular complexity index is 732. The van der Waals surface area contributed by atoms with E-state index in [2.05, 4.69) is 34.8 Å². The van der Waals surface area contributed by atoms with E-state index in [1.807, 2.05) is 32.3 Å². The maximum atomic E-state index is 6.18. The molecular formula is C15H17N3. The summed E-state index contributed by atoms with van der Waals surface area (Å²) in [5, 5.41) is 2.40. The van der Waals surface area contributed by atoms with Gasteiger partial charge in [-0.05, 0) is 37.6 Å². The van der Waals surface area contributed by atoms with Crippen LogP contribution in [0.2, 0.25) is 0 Å². The SMILES string of the molecule is Cn1c2ccncc2c2cc(C(C)(C)N)ccc21. The van der Waals surface area contributed by atoms with Gasteiger partial charge in [-0.25, -0.2) is 0 Å². The molecular weight excluding hydrogens is 222 g/mol. The van der Waals surface area contributed by atoms with Crippen molar-refractivity contribution in [2.45, 2.75) is 19.4 Å². The first-order valence-corrected chi connectivity index (χ1v) is 6.10. The van der Waals surface area contributed by atoms with Crippen LogP contribution in [0.5, 0.6) is 0 Å². The molecule has 2 N–H and O–H groups in total. The van der Waals surface area contributed by atoms with E-state index in [1.165, 1.54) is 21.8 Å². The smallest absolute Gasteiger partial charge is 0.0519 e. The minimum absolute atomic E-state index is 0.321. The molecule has 0 atom stereocenters. The van der Waals surface area contributed by atoms with Crippen molar-refractivity contribution in [3.8, 4) is 0 Å². The molecule has 0 amide bonds. The zero-order chi connectivity index (χ0) is 12.9. The molecule has 2 aromatic heterocycles. The van der Waals surface area contributed by atoms with E-state index in [0.717, 1.165) is 5.56 Å². The number of fused-ring (bicyclic) bond motifs is 3. The molecule has 0 saturated heterocycles. The highest BCUT2D eigenvalue weighted by Crippen LogP contribution is 2.30. The number of rotatable bonds is 1. The Kier molecular flexibility index (Phi) is 2.22. The molecule has 3 aromatic rings. The second-order valence-electron chi connectivity index (χ2n) is 5.41. The van der Waals surface area contributed by atoms with E-state index >= 15 is 0 Å². The predicted molar refractivity (Wildman–Crippen MR) is 75.4 cm³/mol. The third-order valence-corrected chi connectivity index (χ3v) is 3.55. The lowest BCUT2D eigenvalue weighted by molar-refractivity contribution is 0.555. The van der Waals surface area contributed by atoms with Crippen LogP contribution in [0, 0.1) is 0 Å². The Morgan fingerprint density at radius 2 is 1.83 bits per heavy atom. The highest BCUT2D eigenvalue weighted by molar-refractivity contribution is 6.07. The van der Waals surface area contributed by atoms with E-state index in [0.29, 0.717) is 0 Å². The van der Waals surface area contributed by atoms with Gasteiger partial charge < -0.3 is 10.3 Å². The van der Waals surface area contributed by atoms with Crippen molar-refractivity contribution in [2.24, 2.45) is 12.8 Å². The van der Waals surface area contributed by atoms with E-state index < -0.39 is 0 Å². The molecule has 0 bridgehead atoms. The highest BCUT2D eigenvalue weighted by Gasteiger charge is 2.16. The van der Waals surface area contributed by atoms with Crippen molar-refractivity contribution in [1.82, 2.24) is 9.55 Å². The molecule has 0 spiro atoms. The molecule has 0 aliphatic carbocycles. The van der Waals surface area contributed by atoms with Gasteiger partial charge in [-0.2, -0.15) is 0 Å². The Morgan fingerprint density at radius 3 is 2.56 bits per heavy atom. The number of nitrogens with two attached hydrogens (primary N) is 1. The molecule has 3 rings (SSSR count). The van der Waals surface area contributed by atoms with E-state index in [4.69, 9.17) is 5.73 Å². The summed E-state index contributed by atoms with van der Waals surface area (Å²) in [7, 11) is 2.08. The van der Waals surface area contributed by atoms with Crippen LogP contribution in [-0.4, -0.2) is 9.55 Å². The summed E-state index contributed by atoms with van der Waals surface area (Å²) in [5.41, 5.74) is 9.41. The first-order chi connectivity index (χ1) is 8.48. The molecule has 3 nitrogen and oxygen atoms in total. The van der Waals surface area contributed by atoms with Gasteiger partial charge in [-0.1, -0.05) is 6.07 Å². The highest BCUT2D eigenvalue weighted by atomic mass is 14.9. The Labute approximate surface area is 106 Å². The Balaban J connectivity index is 2.44. The van der Waals surface area contributed by atoms with Gasteiger partial charge in [0.15, 0.2) is 0 Å². The van der Waals surface area contributed by atoms with Gasteiger partial charge in [-0.3, -0.25) is 4.98 Å². The van der Waals surface area contributed by atoms with Crippen LogP contribution >= 0.6 is 0 Å². The first kappa shape index (κ1) is 11.2. The zero-order valence-corrected chi connectivity index (χ0v) is 10.9. The topological polar surface area (TPSA) is 43.8 Å². The maximum Gasteiger partial charge on any atom is 0.0519 e. The predicted octanol–water partition coefficient (Wildman–Crippen LogP) is 2.92. The number of aromatic nitrogens is 2. The summed E-state index contributed by atoms with van der Waals surface area (Å²) in [6, 6.07) is 8.47. The molecule has 0 radical (unpaired) electrons. The lowest BCUT2D eigenvalue weighted by atomic mass is 9.94. The quantitative estimate of drug-likeness (QED) is 0.709. The monoisotopic (exact) mass is 239 g/mol. The van der Waals surface area contributed by atoms with Crippen molar-refractivity contribution in [1.29, 1.82) is 0 Å². The van der Waals surface area contributed by atoms with Gasteiger partial charge in [0, 0.05) is 41.3 Å². The van der Waals surface area contributed by atoms with Crippen molar-refractivity contribution in [2.75, 3.05) is 0 Å². The number of benzene rings is 1. The lowest BCUT2D eigenvalue weighted by Crippen LogP contribution is -2.28. The number of nitrogens with zero attached hydrogens (tertiary/aromatic N) is 2. The summed E-state index contributed by atoms with van der Waals surface area (Å²) in [6.07, 6.45) is 3.75. The molecule has 0 aliphatic heterocycles. The lowest BCUT2D eigenvalue weighted by Gasteiger charge is -2.19. The normalized spacial score (nSPS) is 12.4. The van der Waals surface area contributed by atoms with Gasteiger partial charge in [0.25, 0.3) is 0 Å². The van der Waals surface area contributed by atoms with Crippen LogP contribution in [0.25, 0.3) is 21.8 Å². The fourth-order valence-corrected chi connectivity index (χ4v) is 2.46. The second-order valence-corrected chi connectivity index (χ2v) is 5.41. The molecule has 0 aliphatic rings. The molecule has 0 unspecified atom stereocenters. The third-order valence-electron chi connectivity index (χ3n) is 3.55. The Morgan fingerprint density at radius 1 is 1.11 bits per heavy atom. The minimum Gasteiger partial charge on any atom is -0.344 e. The Hall–Kier alpha value is -1.87. The summed E-state index contributed by atoms with van der Waals surface area (Å²) >= 11 is 0. The van der Waals surface area contributed by atoms with E-state index in [9.17, 15) is 0 Å². The molecule has 3 heteroatoms. The molecule has 1 aromatic carbocycles. The van der Waals surface area contributed by atoms with E-state index in [1.54, 1.807) is 0 Å². The van der Waals surface area contributed by atoms with Crippen LogP contribution in [0.3, 0.4) is 0 Å². The average Bonchev–Trinajstić information content (AvgIpc) is 2.63. The van der Waals surface area contributed by atoms with Crippen molar-refractivity contribution >= 4 is 21.8 Å². The third kappa shape index (κ3) is 1.51. The standard InChI is InChI=1S/C15H17N3/c1-15(2,16)10-4-5-13-11(8-10)12-9-17-7-6-14(12)18(13)3/h4-9H,16H2,1-3H3. The number of hydrogen-bond donors (Lipinski definition) is 1. The first-order valence-electron chi connectivity index (χ1n) is 6.10. The summed E-state index contributed by atoms with van der Waals surface area (Å²) in [4.78, 5) is 4.22. The van der Waals surface area contributed by atoms with Gasteiger partial charge in [0.05, 0.1) is 5.52 Å².